The van der Waals surface area contributed by atoms with Gasteiger partial charge in [0, 0.05) is 6.21 Å². The van der Waals surface area contributed by atoms with E-state index in [1.165, 1.54) is 0 Å². The summed E-state index contributed by atoms with van der Waals surface area (Å²) in [6.07, 6.45) is 2.18. The zero-order chi connectivity index (χ0) is 14.8. The summed E-state index contributed by atoms with van der Waals surface area (Å²) < 4.78 is 0. The van der Waals surface area contributed by atoms with Crippen LogP contribution in [0.1, 0.15) is 62.5 Å². The number of hydrogen-bond donors (Lipinski definition) is 1. The molecule has 19 heavy (non-hydrogen) atoms. The molecule has 2 nitrogen and oxygen atoms in total. The number of aryl methyl sites for hydroxylation is 1. The van der Waals surface area contributed by atoms with Crippen molar-refractivity contribution in [3.05, 3.63) is 28.3 Å². The van der Waals surface area contributed by atoms with Gasteiger partial charge in [0.05, 0.1) is 11.8 Å². The maximum absolute atomic E-state index is 10.5. The normalized spacial score (nSPS) is 14.1. The number of aliphatic hydroxyl groups is 1. The lowest BCUT2D eigenvalue weighted by Crippen LogP contribution is -2.14. The molecular formula is C17H27NO. The van der Waals surface area contributed by atoms with E-state index in [1.54, 1.807) is 0 Å². The molecule has 106 valence electrons. The fraction of sp³-hybridized carbons (Fsp3) is 0.588. The molecule has 0 aliphatic heterocycles. The molecule has 1 atom stereocenters. The number of hydrogen-bond acceptors (Lipinski definition) is 2. The van der Waals surface area contributed by atoms with Crippen LogP contribution in [0, 0.1) is 26.2 Å². The fourth-order valence-corrected chi connectivity index (χ4v) is 2.55. The maximum Gasteiger partial charge on any atom is 0.0800 e. The molecule has 0 spiro atoms. The molecule has 0 saturated carbocycles. The van der Waals surface area contributed by atoms with Crippen molar-refractivity contribution < 1.29 is 5.11 Å². The average Bonchev–Trinajstić information content (AvgIpc) is 2.23. The molecule has 1 aromatic rings. The molecule has 0 aromatic heterocycles. The zero-order valence-corrected chi connectivity index (χ0v) is 13.3. The van der Waals surface area contributed by atoms with Crippen LogP contribution in [-0.2, 0) is 0 Å². The summed E-state index contributed by atoms with van der Waals surface area (Å²) >= 11 is 0. The van der Waals surface area contributed by atoms with E-state index in [0.717, 1.165) is 34.4 Å². The van der Waals surface area contributed by atoms with Gasteiger partial charge in [-0.25, -0.2) is 0 Å². The van der Waals surface area contributed by atoms with Crippen molar-refractivity contribution in [1.29, 1.82) is 0 Å². The molecule has 1 unspecified atom stereocenters. The largest absolute Gasteiger partial charge is 0.388 e. The van der Waals surface area contributed by atoms with E-state index in [-0.39, 0.29) is 5.41 Å². The van der Waals surface area contributed by atoms with Gasteiger partial charge in [0.1, 0.15) is 0 Å². The highest BCUT2D eigenvalue weighted by Crippen LogP contribution is 2.36. The molecule has 0 bridgehead atoms. The van der Waals surface area contributed by atoms with Gasteiger partial charge in [0.2, 0.25) is 0 Å². The van der Waals surface area contributed by atoms with Gasteiger partial charge in [-0.15, -0.1) is 0 Å². The van der Waals surface area contributed by atoms with Crippen molar-refractivity contribution in [2.75, 3.05) is 0 Å². The third-order valence-electron chi connectivity index (χ3n) is 3.54. The molecule has 0 fully saturated rings. The molecule has 0 heterocycles. The van der Waals surface area contributed by atoms with E-state index in [4.69, 9.17) is 0 Å². The standard InChI is InChI=1S/C17H27NO/c1-8-18-14-9-11(2)16(13(4)12(14)3)15(19)10-17(5,6)7/h8-9,15,19H,10H2,1-7H3/b18-8+. The first-order valence-corrected chi connectivity index (χ1v) is 6.95. The topological polar surface area (TPSA) is 32.6 Å². The van der Waals surface area contributed by atoms with Crippen LogP contribution >= 0.6 is 0 Å². The van der Waals surface area contributed by atoms with Gasteiger partial charge in [-0.2, -0.15) is 0 Å². The first-order chi connectivity index (χ1) is 8.67. The number of benzene rings is 1. The summed E-state index contributed by atoms with van der Waals surface area (Å²) in [5, 5.41) is 10.5. The molecule has 0 amide bonds. The molecule has 0 radical (unpaired) electrons. The van der Waals surface area contributed by atoms with Crippen molar-refractivity contribution in [2.45, 2.75) is 61.0 Å². The smallest absolute Gasteiger partial charge is 0.0800 e. The van der Waals surface area contributed by atoms with E-state index in [9.17, 15) is 5.11 Å². The van der Waals surface area contributed by atoms with E-state index >= 15 is 0 Å². The summed E-state index contributed by atoms with van der Waals surface area (Å²) in [4.78, 5) is 4.40. The monoisotopic (exact) mass is 261 g/mol. The lowest BCUT2D eigenvalue weighted by Gasteiger charge is -2.26. The van der Waals surface area contributed by atoms with Crippen molar-refractivity contribution in [1.82, 2.24) is 0 Å². The first kappa shape index (κ1) is 15.9. The molecule has 1 N–H and O–H groups in total. The van der Waals surface area contributed by atoms with E-state index in [0.29, 0.717) is 0 Å². The number of aliphatic hydroxyl groups excluding tert-OH is 1. The SMILES string of the molecule is C/C=N/c1cc(C)c(C(O)CC(C)(C)C)c(C)c1C. The molecule has 1 rings (SSSR count). The highest BCUT2D eigenvalue weighted by atomic mass is 16.3. The van der Waals surface area contributed by atoms with Crippen LogP contribution in [0.25, 0.3) is 0 Å². The Balaban J connectivity index is 3.26. The summed E-state index contributed by atoms with van der Waals surface area (Å²) in [7, 11) is 0. The molecule has 0 aliphatic rings. The molecule has 0 saturated heterocycles. The minimum Gasteiger partial charge on any atom is -0.388 e. The summed E-state index contributed by atoms with van der Waals surface area (Å²) in [6.45, 7) is 14.6. The second kappa shape index (κ2) is 5.87. The van der Waals surface area contributed by atoms with Gasteiger partial charge < -0.3 is 5.11 Å². The predicted octanol–water partition coefficient (Wildman–Crippen LogP) is 4.80. The first-order valence-electron chi connectivity index (χ1n) is 6.95. The highest BCUT2D eigenvalue weighted by molar-refractivity contribution is 5.65. The Hall–Kier alpha value is -1.15. The van der Waals surface area contributed by atoms with Crippen molar-refractivity contribution in [2.24, 2.45) is 10.4 Å². The molecule has 1 aromatic carbocycles. The Kier molecular flexibility index (Phi) is 4.92. The lowest BCUT2D eigenvalue weighted by molar-refractivity contribution is 0.121. The molecular weight excluding hydrogens is 234 g/mol. The van der Waals surface area contributed by atoms with Gasteiger partial charge in [0.25, 0.3) is 0 Å². The van der Waals surface area contributed by atoms with Crippen LogP contribution < -0.4 is 0 Å². The van der Waals surface area contributed by atoms with E-state index < -0.39 is 6.10 Å². The van der Waals surface area contributed by atoms with Crippen LogP contribution in [0.3, 0.4) is 0 Å². The van der Waals surface area contributed by atoms with Crippen LogP contribution in [0.2, 0.25) is 0 Å². The van der Waals surface area contributed by atoms with Gasteiger partial charge in [-0.1, -0.05) is 20.8 Å². The zero-order valence-electron chi connectivity index (χ0n) is 13.3. The quantitative estimate of drug-likeness (QED) is 0.778. The minimum atomic E-state index is -0.404. The number of rotatable bonds is 3. The predicted molar refractivity (Wildman–Crippen MR) is 83.5 cm³/mol. The Morgan fingerprint density at radius 2 is 1.79 bits per heavy atom. The van der Waals surface area contributed by atoms with E-state index in [2.05, 4.69) is 52.6 Å². The summed E-state index contributed by atoms with van der Waals surface area (Å²) in [5.41, 5.74) is 5.64. The van der Waals surface area contributed by atoms with Gasteiger partial charge in [-0.05, 0) is 67.9 Å². The van der Waals surface area contributed by atoms with Crippen LogP contribution in [-0.4, -0.2) is 11.3 Å². The summed E-state index contributed by atoms with van der Waals surface area (Å²) in [5.74, 6) is 0. The van der Waals surface area contributed by atoms with Crippen molar-refractivity contribution >= 4 is 11.9 Å². The molecule has 0 aliphatic carbocycles. The highest BCUT2D eigenvalue weighted by Gasteiger charge is 2.22. The van der Waals surface area contributed by atoms with Crippen LogP contribution in [0.4, 0.5) is 5.69 Å². The van der Waals surface area contributed by atoms with Crippen LogP contribution in [0.5, 0.6) is 0 Å². The van der Waals surface area contributed by atoms with E-state index in [1.807, 2.05) is 13.1 Å². The van der Waals surface area contributed by atoms with Crippen molar-refractivity contribution in [3.8, 4) is 0 Å². The maximum atomic E-state index is 10.5. The number of aliphatic imine (C=N–C) groups is 1. The fourth-order valence-electron chi connectivity index (χ4n) is 2.55. The number of nitrogens with zero attached hydrogens (tertiary/aromatic N) is 1. The molecule has 2 heteroatoms. The minimum absolute atomic E-state index is 0.118. The Morgan fingerprint density at radius 3 is 2.26 bits per heavy atom. The Labute approximate surface area is 117 Å². The second-order valence-electron chi connectivity index (χ2n) is 6.54. The Morgan fingerprint density at radius 1 is 1.21 bits per heavy atom. The Bertz CT molecular complexity index is 481. The van der Waals surface area contributed by atoms with Gasteiger partial charge in [0.15, 0.2) is 0 Å². The third-order valence-corrected chi connectivity index (χ3v) is 3.54. The average molecular weight is 261 g/mol. The van der Waals surface area contributed by atoms with Crippen molar-refractivity contribution in [3.63, 3.8) is 0 Å². The van der Waals surface area contributed by atoms with Gasteiger partial charge >= 0.3 is 0 Å². The lowest BCUT2D eigenvalue weighted by atomic mass is 9.83. The summed E-state index contributed by atoms with van der Waals surface area (Å²) in [6, 6.07) is 2.07. The second-order valence-corrected chi connectivity index (χ2v) is 6.54. The third kappa shape index (κ3) is 3.90. The van der Waals surface area contributed by atoms with Gasteiger partial charge in [-0.3, -0.25) is 4.99 Å². The van der Waals surface area contributed by atoms with Crippen LogP contribution in [0.15, 0.2) is 11.1 Å².